The molecule has 154 valence electrons. The Morgan fingerprint density at radius 1 is 1.03 bits per heavy atom. The van der Waals surface area contributed by atoms with Gasteiger partial charge in [-0.3, -0.25) is 9.10 Å². The van der Waals surface area contributed by atoms with Crippen LogP contribution in [0, 0.1) is 6.92 Å². The monoisotopic (exact) mass is 440 g/mol. The van der Waals surface area contributed by atoms with E-state index in [4.69, 9.17) is 11.6 Å². The lowest BCUT2D eigenvalue weighted by molar-refractivity contribution is -0.114. The van der Waals surface area contributed by atoms with Gasteiger partial charge in [-0.05, 0) is 54.8 Å². The Morgan fingerprint density at radius 2 is 1.80 bits per heavy atom. The molecule has 1 aliphatic rings. The van der Waals surface area contributed by atoms with Crippen molar-refractivity contribution < 1.29 is 13.2 Å². The van der Waals surface area contributed by atoms with E-state index in [1.165, 1.54) is 4.31 Å². The third-order valence-corrected chi connectivity index (χ3v) is 7.45. The summed E-state index contributed by atoms with van der Waals surface area (Å²) in [4.78, 5) is 13.0. The number of fused-ring (bicyclic) bond motifs is 3. The van der Waals surface area contributed by atoms with Crippen molar-refractivity contribution in [1.29, 1.82) is 0 Å². The van der Waals surface area contributed by atoms with E-state index in [1.807, 2.05) is 32.0 Å². The number of hydrogen-bond acceptors (Lipinski definition) is 3. The van der Waals surface area contributed by atoms with Crippen LogP contribution in [-0.2, 0) is 21.2 Å². The van der Waals surface area contributed by atoms with Gasteiger partial charge in [0.15, 0.2) is 0 Å². The van der Waals surface area contributed by atoms with E-state index in [0.29, 0.717) is 22.0 Å². The molecule has 1 N–H and O–H groups in total. The molecule has 30 heavy (non-hydrogen) atoms. The summed E-state index contributed by atoms with van der Waals surface area (Å²) in [6, 6.07) is 17.7. The summed E-state index contributed by atoms with van der Waals surface area (Å²) in [5, 5.41) is 3.28. The van der Waals surface area contributed by atoms with Crippen molar-refractivity contribution >= 4 is 38.9 Å². The third-order valence-electron chi connectivity index (χ3n) is 5.23. The molecule has 3 aromatic carbocycles. The van der Waals surface area contributed by atoms with E-state index >= 15 is 0 Å². The number of rotatable bonds is 4. The maximum absolute atomic E-state index is 13.3. The molecule has 0 aromatic heterocycles. The minimum atomic E-state index is -3.87. The van der Waals surface area contributed by atoms with Gasteiger partial charge in [0.1, 0.15) is 6.54 Å². The van der Waals surface area contributed by atoms with Crippen LogP contribution in [0.5, 0.6) is 0 Å². The van der Waals surface area contributed by atoms with Gasteiger partial charge in [-0.25, -0.2) is 8.42 Å². The standard InChI is InChI=1S/C23H21ClN2O3S/c1-3-16-9-11-21-19(12-16)18-6-4-5-7-22(18)30(28,29)26(21)14-23(27)25-17-10-8-15(2)20(24)13-17/h4-13H,3,14H2,1-2H3,(H,25,27). The Morgan fingerprint density at radius 3 is 2.53 bits per heavy atom. The summed E-state index contributed by atoms with van der Waals surface area (Å²) >= 11 is 6.13. The number of carbonyl (C=O) groups excluding carboxylic acids is 1. The molecule has 0 saturated carbocycles. The van der Waals surface area contributed by atoms with Gasteiger partial charge < -0.3 is 5.32 Å². The average molecular weight is 441 g/mol. The zero-order valence-electron chi connectivity index (χ0n) is 16.6. The van der Waals surface area contributed by atoms with Gasteiger partial charge in [-0.1, -0.05) is 48.9 Å². The zero-order valence-corrected chi connectivity index (χ0v) is 18.2. The highest BCUT2D eigenvalue weighted by Gasteiger charge is 2.35. The normalized spacial score (nSPS) is 14.0. The second-order valence-electron chi connectivity index (χ2n) is 7.23. The van der Waals surface area contributed by atoms with Crippen molar-refractivity contribution in [3.63, 3.8) is 0 Å². The lowest BCUT2D eigenvalue weighted by atomic mass is 9.99. The molecule has 1 amide bonds. The molecule has 1 heterocycles. The van der Waals surface area contributed by atoms with Gasteiger partial charge in [0.25, 0.3) is 10.0 Å². The van der Waals surface area contributed by atoms with Crippen LogP contribution in [0.4, 0.5) is 11.4 Å². The molecule has 4 rings (SSSR count). The van der Waals surface area contributed by atoms with E-state index in [9.17, 15) is 13.2 Å². The Hall–Kier alpha value is -2.83. The first-order valence-corrected chi connectivity index (χ1v) is 11.4. The average Bonchev–Trinajstić information content (AvgIpc) is 2.73. The molecule has 0 atom stereocenters. The minimum absolute atomic E-state index is 0.205. The molecule has 0 aliphatic carbocycles. The molecule has 0 bridgehead atoms. The molecule has 1 aliphatic heterocycles. The Kier molecular flexibility index (Phi) is 5.30. The third kappa shape index (κ3) is 3.57. The van der Waals surface area contributed by atoms with Crippen molar-refractivity contribution in [2.24, 2.45) is 0 Å². The highest BCUT2D eigenvalue weighted by Crippen LogP contribution is 2.43. The molecule has 5 nitrogen and oxygen atoms in total. The first-order valence-electron chi connectivity index (χ1n) is 9.62. The van der Waals surface area contributed by atoms with Crippen molar-refractivity contribution in [1.82, 2.24) is 0 Å². The van der Waals surface area contributed by atoms with E-state index in [-0.39, 0.29) is 11.4 Å². The van der Waals surface area contributed by atoms with E-state index in [0.717, 1.165) is 23.1 Å². The Labute approximate surface area is 181 Å². The fourth-order valence-corrected chi connectivity index (χ4v) is 5.40. The fraction of sp³-hybridized carbons (Fsp3) is 0.174. The molecule has 3 aromatic rings. The van der Waals surface area contributed by atoms with Crippen LogP contribution in [-0.4, -0.2) is 20.9 Å². The summed E-state index contributed by atoms with van der Waals surface area (Å²) < 4.78 is 27.8. The van der Waals surface area contributed by atoms with Crippen LogP contribution in [0.3, 0.4) is 0 Å². The van der Waals surface area contributed by atoms with Crippen molar-refractivity contribution in [3.8, 4) is 11.1 Å². The lowest BCUT2D eigenvalue weighted by Crippen LogP contribution is -2.40. The predicted molar refractivity (Wildman–Crippen MR) is 121 cm³/mol. The zero-order chi connectivity index (χ0) is 21.5. The highest BCUT2D eigenvalue weighted by molar-refractivity contribution is 7.93. The number of nitrogens with zero attached hydrogens (tertiary/aromatic N) is 1. The van der Waals surface area contributed by atoms with E-state index in [2.05, 4.69) is 5.32 Å². The smallest absolute Gasteiger partial charge is 0.265 e. The SMILES string of the molecule is CCc1ccc2c(c1)-c1ccccc1S(=O)(=O)N2CC(=O)Nc1ccc(C)c(Cl)c1. The molecule has 0 radical (unpaired) electrons. The quantitative estimate of drug-likeness (QED) is 0.619. The Balaban J connectivity index is 1.72. The summed E-state index contributed by atoms with van der Waals surface area (Å²) in [7, 11) is -3.87. The van der Waals surface area contributed by atoms with Gasteiger partial charge >= 0.3 is 0 Å². The maximum Gasteiger partial charge on any atom is 0.265 e. The largest absolute Gasteiger partial charge is 0.324 e. The van der Waals surface area contributed by atoms with Crippen LogP contribution in [0.25, 0.3) is 11.1 Å². The molecule has 0 fully saturated rings. The first-order chi connectivity index (χ1) is 14.3. The molecule has 0 unspecified atom stereocenters. The van der Waals surface area contributed by atoms with Crippen LogP contribution in [0.15, 0.2) is 65.6 Å². The minimum Gasteiger partial charge on any atom is -0.324 e. The topological polar surface area (TPSA) is 66.5 Å². The molecule has 0 spiro atoms. The second kappa shape index (κ2) is 7.78. The predicted octanol–water partition coefficient (Wildman–Crippen LogP) is 5.03. The number of anilines is 2. The van der Waals surface area contributed by atoms with Crippen LogP contribution in [0.1, 0.15) is 18.1 Å². The Bertz CT molecular complexity index is 1260. The van der Waals surface area contributed by atoms with Crippen molar-refractivity contribution in [2.75, 3.05) is 16.2 Å². The fourth-order valence-electron chi connectivity index (χ4n) is 3.57. The highest BCUT2D eigenvalue weighted by atomic mass is 35.5. The van der Waals surface area contributed by atoms with Gasteiger partial charge in [-0.2, -0.15) is 0 Å². The summed E-state index contributed by atoms with van der Waals surface area (Å²) in [6.45, 7) is 3.58. The molecule has 0 saturated heterocycles. The van der Waals surface area contributed by atoms with Gasteiger partial charge in [0.05, 0.1) is 10.6 Å². The lowest BCUT2D eigenvalue weighted by Gasteiger charge is -2.32. The number of carbonyl (C=O) groups is 1. The summed E-state index contributed by atoms with van der Waals surface area (Å²) in [5.74, 6) is -0.441. The number of benzene rings is 3. The second-order valence-corrected chi connectivity index (χ2v) is 9.46. The number of sulfonamides is 1. The van der Waals surface area contributed by atoms with E-state index in [1.54, 1.807) is 42.5 Å². The number of halogens is 1. The number of amides is 1. The molecule has 7 heteroatoms. The number of aryl methyl sites for hydroxylation is 2. The first kappa shape index (κ1) is 20.4. The van der Waals surface area contributed by atoms with Gasteiger partial charge in [0, 0.05) is 21.8 Å². The van der Waals surface area contributed by atoms with Crippen molar-refractivity contribution in [3.05, 3.63) is 76.8 Å². The number of hydrogen-bond donors (Lipinski definition) is 1. The van der Waals surface area contributed by atoms with Crippen molar-refractivity contribution in [2.45, 2.75) is 25.2 Å². The van der Waals surface area contributed by atoms with Crippen LogP contribution in [0.2, 0.25) is 5.02 Å². The maximum atomic E-state index is 13.3. The molecular formula is C23H21ClN2O3S. The van der Waals surface area contributed by atoms with E-state index < -0.39 is 15.9 Å². The van der Waals surface area contributed by atoms with Crippen LogP contribution >= 0.6 is 11.6 Å². The van der Waals surface area contributed by atoms with Gasteiger partial charge in [0.2, 0.25) is 5.91 Å². The van der Waals surface area contributed by atoms with Crippen LogP contribution < -0.4 is 9.62 Å². The molecular weight excluding hydrogens is 420 g/mol. The summed E-state index contributed by atoms with van der Waals surface area (Å²) in [5.41, 5.74) is 4.48. The number of nitrogens with one attached hydrogen (secondary N) is 1. The summed E-state index contributed by atoms with van der Waals surface area (Å²) in [6.07, 6.45) is 0.830. The van der Waals surface area contributed by atoms with Gasteiger partial charge in [-0.15, -0.1) is 0 Å².